The number of carbonyl (C=O) groups is 1. The lowest BCUT2D eigenvalue weighted by atomic mass is 9.77. The largest absolute Gasteiger partial charge is 0.329 e. The lowest BCUT2D eigenvalue weighted by Gasteiger charge is -2.28. The van der Waals surface area contributed by atoms with Gasteiger partial charge >= 0.3 is 0 Å². The Bertz CT molecular complexity index is 142. The van der Waals surface area contributed by atoms with Gasteiger partial charge in [-0.1, -0.05) is 27.2 Å². The van der Waals surface area contributed by atoms with Gasteiger partial charge in [0.25, 0.3) is 0 Å². The first kappa shape index (κ1) is 12.6. The van der Waals surface area contributed by atoms with E-state index in [4.69, 9.17) is 5.73 Å². The number of hydrogen-bond donors (Lipinski definition) is 1. The predicted molar refractivity (Wildman–Crippen MR) is 56.6 cm³/mol. The van der Waals surface area contributed by atoms with Crippen LogP contribution in [-0.2, 0) is 4.79 Å². The Hall–Kier alpha value is -0.370. The molecular weight excluding hydrogens is 162 g/mol. The summed E-state index contributed by atoms with van der Waals surface area (Å²) < 4.78 is 0. The number of unbranched alkanes of at least 4 members (excludes halogenated alkanes) is 1. The van der Waals surface area contributed by atoms with E-state index in [0.717, 1.165) is 25.7 Å². The maximum atomic E-state index is 11.8. The summed E-state index contributed by atoms with van der Waals surface area (Å²) in [6.45, 7) is 6.72. The second kappa shape index (κ2) is 6.14. The van der Waals surface area contributed by atoms with Crippen LogP contribution in [0.15, 0.2) is 0 Å². The van der Waals surface area contributed by atoms with Crippen molar-refractivity contribution in [1.29, 1.82) is 0 Å². The molecule has 0 spiro atoms. The van der Waals surface area contributed by atoms with Crippen molar-refractivity contribution in [3.8, 4) is 0 Å². The molecule has 0 aromatic heterocycles. The fraction of sp³-hybridized carbons (Fsp3) is 0.909. The Morgan fingerprint density at radius 2 is 1.77 bits per heavy atom. The minimum absolute atomic E-state index is 0.227. The average Bonchev–Trinajstić information content (AvgIpc) is 2.18. The summed E-state index contributed by atoms with van der Waals surface area (Å²) in [6, 6.07) is 0. The molecule has 2 nitrogen and oxygen atoms in total. The normalized spacial score (nSPS) is 11.7. The van der Waals surface area contributed by atoms with Crippen LogP contribution in [0, 0.1) is 5.41 Å². The predicted octanol–water partition coefficient (Wildman–Crippen LogP) is 2.51. The molecule has 0 heterocycles. The van der Waals surface area contributed by atoms with E-state index >= 15 is 0 Å². The third-order valence-corrected chi connectivity index (χ3v) is 3.09. The number of rotatable bonds is 7. The van der Waals surface area contributed by atoms with Crippen LogP contribution in [0.3, 0.4) is 0 Å². The van der Waals surface area contributed by atoms with Gasteiger partial charge in [-0.05, 0) is 19.3 Å². The molecule has 0 fully saturated rings. The van der Waals surface area contributed by atoms with E-state index in [1.807, 2.05) is 0 Å². The van der Waals surface area contributed by atoms with E-state index in [2.05, 4.69) is 20.8 Å². The van der Waals surface area contributed by atoms with Gasteiger partial charge in [-0.3, -0.25) is 4.79 Å². The molecule has 0 amide bonds. The van der Waals surface area contributed by atoms with Crippen molar-refractivity contribution in [2.24, 2.45) is 11.1 Å². The number of ketones is 1. The Kier molecular flexibility index (Phi) is 5.97. The van der Waals surface area contributed by atoms with Gasteiger partial charge in [0.15, 0.2) is 0 Å². The summed E-state index contributed by atoms with van der Waals surface area (Å²) >= 11 is 0. The number of Topliss-reactive ketones (excluding diaryl/α,β-unsaturated/α-hetero) is 1. The van der Waals surface area contributed by atoms with Crippen LogP contribution >= 0.6 is 0 Å². The molecule has 0 aromatic rings. The number of hydrogen-bond acceptors (Lipinski definition) is 2. The Balaban J connectivity index is 4.26. The highest BCUT2D eigenvalue weighted by molar-refractivity contribution is 5.84. The molecule has 2 heteroatoms. The quantitative estimate of drug-likeness (QED) is 0.662. The smallest absolute Gasteiger partial charge is 0.140 e. The van der Waals surface area contributed by atoms with Gasteiger partial charge < -0.3 is 5.73 Å². The van der Waals surface area contributed by atoms with E-state index in [0.29, 0.717) is 18.7 Å². The first-order chi connectivity index (χ1) is 6.16. The second-order valence-corrected chi connectivity index (χ2v) is 3.72. The lowest BCUT2D eigenvalue weighted by molar-refractivity contribution is -0.128. The monoisotopic (exact) mass is 185 g/mol. The maximum Gasteiger partial charge on any atom is 0.140 e. The zero-order chi connectivity index (χ0) is 10.3. The summed E-state index contributed by atoms with van der Waals surface area (Å²) in [5.74, 6) is 0.363. The van der Waals surface area contributed by atoms with Crippen molar-refractivity contribution in [2.45, 2.75) is 52.9 Å². The summed E-state index contributed by atoms with van der Waals surface area (Å²) in [5, 5.41) is 0. The highest BCUT2D eigenvalue weighted by Gasteiger charge is 2.31. The van der Waals surface area contributed by atoms with Crippen LogP contribution in [-0.4, -0.2) is 12.3 Å². The van der Waals surface area contributed by atoms with Crippen molar-refractivity contribution in [3.63, 3.8) is 0 Å². The maximum absolute atomic E-state index is 11.8. The minimum Gasteiger partial charge on any atom is -0.329 e. The van der Waals surface area contributed by atoms with Crippen LogP contribution in [0.5, 0.6) is 0 Å². The van der Waals surface area contributed by atoms with Gasteiger partial charge in [-0.2, -0.15) is 0 Å². The lowest BCUT2D eigenvalue weighted by Crippen LogP contribution is -2.37. The van der Waals surface area contributed by atoms with Gasteiger partial charge in [0, 0.05) is 18.4 Å². The molecule has 78 valence electrons. The Morgan fingerprint density at radius 3 is 2.08 bits per heavy atom. The molecule has 0 radical (unpaired) electrons. The van der Waals surface area contributed by atoms with Crippen LogP contribution < -0.4 is 5.73 Å². The summed E-state index contributed by atoms with van der Waals surface area (Å²) in [6.07, 6.45) is 4.54. The SMILES string of the molecule is CCCCC(=O)C(CC)(CC)CN. The fourth-order valence-corrected chi connectivity index (χ4v) is 1.65. The molecule has 0 aliphatic carbocycles. The summed E-state index contributed by atoms with van der Waals surface area (Å²) in [4.78, 5) is 11.8. The molecule has 0 rings (SSSR count). The van der Waals surface area contributed by atoms with E-state index in [-0.39, 0.29) is 5.41 Å². The fourth-order valence-electron chi connectivity index (χ4n) is 1.65. The van der Waals surface area contributed by atoms with E-state index in [1.165, 1.54) is 0 Å². The van der Waals surface area contributed by atoms with Gasteiger partial charge in [-0.25, -0.2) is 0 Å². The zero-order valence-corrected chi connectivity index (χ0v) is 9.23. The van der Waals surface area contributed by atoms with Crippen LogP contribution in [0.2, 0.25) is 0 Å². The zero-order valence-electron chi connectivity index (χ0n) is 9.23. The molecule has 0 unspecified atom stereocenters. The number of nitrogens with two attached hydrogens (primary N) is 1. The first-order valence-corrected chi connectivity index (χ1v) is 5.40. The standard InChI is InChI=1S/C11H23NO/c1-4-7-8-10(13)11(5-2,6-3)9-12/h4-9,12H2,1-3H3. The van der Waals surface area contributed by atoms with Gasteiger partial charge in [-0.15, -0.1) is 0 Å². The second-order valence-electron chi connectivity index (χ2n) is 3.72. The van der Waals surface area contributed by atoms with E-state index in [9.17, 15) is 4.79 Å². The van der Waals surface area contributed by atoms with Crippen molar-refractivity contribution >= 4 is 5.78 Å². The van der Waals surface area contributed by atoms with E-state index in [1.54, 1.807) is 0 Å². The summed E-state index contributed by atoms with van der Waals surface area (Å²) in [5.41, 5.74) is 5.45. The molecule has 2 N–H and O–H groups in total. The topological polar surface area (TPSA) is 43.1 Å². The van der Waals surface area contributed by atoms with Gasteiger partial charge in [0.1, 0.15) is 5.78 Å². The molecule has 0 saturated heterocycles. The first-order valence-electron chi connectivity index (χ1n) is 5.40. The van der Waals surface area contributed by atoms with Crippen molar-refractivity contribution < 1.29 is 4.79 Å². The van der Waals surface area contributed by atoms with Crippen molar-refractivity contribution in [1.82, 2.24) is 0 Å². The molecule has 0 atom stereocenters. The van der Waals surface area contributed by atoms with Crippen LogP contribution in [0.4, 0.5) is 0 Å². The van der Waals surface area contributed by atoms with Gasteiger partial charge in [0.05, 0.1) is 0 Å². The molecule has 0 aliphatic rings. The van der Waals surface area contributed by atoms with Crippen LogP contribution in [0.1, 0.15) is 52.9 Å². The van der Waals surface area contributed by atoms with E-state index < -0.39 is 0 Å². The minimum atomic E-state index is -0.227. The van der Waals surface area contributed by atoms with Crippen LogP contribution in [0.25, 0.3) is 0 Å². The van der Waals surface area contributed by atoms with Gasteiger partial charge in [0.2, 0.25) is 0 Å². The average molecular weight is 185 g/mol. The molecule has 0 saturated carbocycles. The molecule has 0 aliphatic heterocycles. The highest BCUT2D eigenvalue weighted by atomic mass is 16.1. The van der Waals surface area contributed by atoms with Crippen molar-refractivity contribution in [2.75, 3.05) is 6.54 Å². The molecule has 0 bridgehead atoms. The molecule has 13 heavy (non-hydrogen) atoms. The molecular formula is C11H23NO. The molecule has 0 aromatic carbocycles. The Labute approximate surface area is 81.9 Å². The third-order valence-electron chi connectivity index (χ3n) is 3.09. The highest BCUT2D eigenvalue weighted by Crippen LogP contribution is 2.28. The number of carbonyl (C=O) groups excluding carboxylic acids is 1. The third kappa shape index (κ3) is 3.11. The Morgan fingerprint density at radius 1 is 1.23 bits per heavy atom. The van der Waals surface area contributed by atoms with Crippen molar-refractivity contribution in [3.05, 3.63) is 0 Å². The summed E-state index contributed by atoms with van der Waals surface area (Å²) in [7, 11) is 0.